The third-order valence-electron chi connectivity index (χ3n) is 4.02. The molecule has 0 bridgehead atoms. The SMILES string of the molecule is NC(CN1CCc2ccccc2C1)c1cc(F)ccc1F. The highest BCUT2D eigenvalue weighted by atomic mass is 19.1. The van der Waals surface area contributed by atoms with Gasteiger partial charge in [-0.15, -0.1) is 0 Å². The highest BCUT2D eigenvalue weighted by Crippen LogP contribution is 2.22. The van der Waals surface area contributed by atoms with Crippen LogP contribution in [-0.2, 0) is 13.0 Å². The normalized spacial score (nSPS) is 16.5. The van der Waals surface area contributed by atoms with Gasteiger partial charge in [-0.3, -0.25) is 4.90 Å². The molecule has 110 valence electrons. The van der Waals surface area contributed by atoms with E-state index in [0.717, 1.165) is 31.6 Å². The Bertz CT molecular complexity index is 642. The van der Waals surface area contributed by atoms with Crippen LogP contribution in [0.5, 0.6) is 0 Å². The van der Waals surface area contributed by atoms with Gasteiger partial charge in [-0.1, -0.05) is 24.3 Å². The molecule has 2 aromatic carbocycles. The number of hydrogen-bond donors (Lipinski definition) is 1. The number of benzene rings is 2. The molecule has 4 heteroatoms. The monoisotopic (exact) mass is 288 g/mol. The summed E-state index contributed by atoms with van der Waals surface area (Å²) in [4.78, 5) is 2.19. The summed E-state index contributed by atoms with van der Waals surface area (Å²) in [6.45, 7) is 2.22. The van der Waals surface area contributed by atoms with Crippen LogP contribution in [0.25, 0.3) is 0 Å². The lowest BCUT2D eigenvalue weighted by molar-refractivity contribution is 0.237. The first-order valence-corrected chi connectivity index (χ1v) is 7.13. The third kappa shape index (κ3) is 3.12. The van der Waals surface area contributed by atoms with Gasteiger partial charge in [-0.25, -0.2) is 8.78 Å². The Morgan fingerprint density at radius 3 is 2.67 bits per heavy atom. The Kier molecular flexibility index (Phi) is 3.99. The van der Waals surface area contributed by atoms with Crippen LogP contribution in [0.3, 0.4) is 0 Å². The minimum Gasteiger partial charge on any atom is -0.323 e. The van der Waals surface area contributed by atoms with Crippen LogP contribution in [0.2, 0.25) is 0 Å². The first kappa shape index (κ1) is 14.2. The van der Waals surface area contributed by atoms with E-state index in [1.807, 2.05) is 12.1 Å². The first-order chi connectivity index (χ1) is 10.1. The Labute approximate surface area is 123 Å². The Balaban J connectivity index is 1.71. The molecule has 0 aromatic heterocycles. The fourth-order valence-corrected chi connectivity index (χ4v) is 2.89. The van der Waals surface area contributed by atoms with E-state index in [-0.39, 0.29) is 5.56 Å². The van der Waals surface area contributed by atoms with Crippen LogP contribution in [0.4, 0.5) is 8.78 Å². The number of nitrogens with zero attached hydrogens (tertiary/aromatic N) is 1. The van der Waals surface area contributed by atoms with E-state index in [9.17, 15) is 8.78 Å². The molecule has 0 amide bonds. The average molecular weight is 288 g/mol. The number of hydrogen-bond acceptors (Lipinski definition) is 2. The molecule has 2 N–H and O–H groups in total. The van der Waals surface area contributed by atoms with Crippen LogP contribution in [0.15, 0.2) is 42.5 Å². The summed E-state index contributed by atoms with van der Waals surface area (Å²) in [7, 11) is 0. The number of halogens is 2. The molecule has 2 aromatic rings. The predicted molar refractivity (Wildman–Crippen MR) is 78.7 cm³/mol. The van der Waals surface area contributed by atoms with Crippen LogP contribution in [0.1, 0.15) is 22.7 Å². The van der Waals surface area contributed by atoms with Crippen molar-refractivity contribution in [3.8, 4) is 0 Å². The maximum atomic E-state index is 13.7. The summed E-state index contributed by atoms with van der Waals surface area (Å²) in [5.74, 6) is -0.896. The highest BCUT2D eigenvalue weighted by molar-refractivity contribution is 5.29. The summed E-state index contributed by atoms with van der Waals surface area (Å²) >= 11 is 0. The molecule has 1 unspecified atom stereocenters. The molecule has 3 rings (SSSR count). The van der Waals surface area contributed by atoms with E-state index >= 15 is 0 Å². The lowest BCUT2D eigenvalue weighted by atomic mass is 9.98. The molecule has 1 aliphatic heterocycles. The zero-order chi connectivity index (χ0) is 14.8. The molecular weight excluding hydrogens is 270 g/mol. The van der Waals surface area contributed by atoms with Gasteiger partial charge in [-0.05, 0) is 35.7 Å². The van der Waals surface area contributed by atoms with Gasteiger partial charge in [0.25, 0.3) is 0 Å². The van der Waals surface area contributed by atoms with E-state index in [0.29, 0.717) is 6.54 Å². The molecule has 1 atom stereocenters. The molecule has 1 heterocycles. The zero-order valence-electron chi connectivity index (χ0n) is 11.7. The van der Waals surface area contributed by atoms with Crippen molar-refractivity contribution in [2.24, 2.45) is 5.73 Å². The van der Waals surface area contributed by atoms with Gasteiger partial charge in [0.15, 0.2) is 0 Å². The van der Waals surface area contributed by atoms with E-state index in [4.69, 9.17) is 5.73 Å². The van der Waals surface area contributed by atoms with Crippen LogP contribution >= 0.6 is 0 Å². The quantitative estimate of drug-likeness (QED) is 0.940. The highest BCUT2D eigenvalue weighted by Gasteiger charge is 2.20. The molecule has 2 nitrogen and oxygen atoms in total. The van der Waals surface area contributed by atoms with Crippen molar-refractivity contribution in [1.82, 2.24) is 4.90 Å². The van der Waals surface area contributed by atoms with Gasteiger partial charge in [0.05, 0.1) is 0 Å². The molecular formula is C17H18F2N2. The Hall–Kier alpha value is -1.78. The molecule has 0 spiro atoms. The van der Waals surface area contributed by atoms with Crippen molar-refractivity contribution >= 4 is 0 Å². The topological polar surface area (TPSA) is 29.3 Å². The first-order valence-electron chi connectivity index (χ1n) is 7.13. The summed E-state index contributed by atoms with van der Waals surface area (Å²) in [5, 5.41) is 0. The summed E-state index contributed by atoms with van der Waals surface area (Å²) < 4.78 is 27.0. The molecule has 0 aliphatic carbocycles. The largest absolute Gasteiger partial charge is 0.323 e. The lowest BCUT2D eigenvalue weighted by Crippen LogP contribution is -2.36. The molecule has 0 radical (unpaired) electrons. The van der Waals surface area contributed by atoms with E-state index < -0.39 is 17.7 Å². The van der Waals surface area contributed by atoms with Crippen molar-refractivity contribution in [1.29, 1.82) is 0 Å². The number of fused-ring (bicyclic) bond motifs is 1. The second-order valence-electron chi connectivity index (χ2n) is 5.53. The standard InChI is InChI=1S/C17H18F2N2/c18-14-5-6-16(19)15(9-14)17(20)11-21-8-7-12-3-1-2-4-13(12)10-21/h1-6,9,17H,7-8,10-11,20H2. The van der Waals surface area contributed by atoms with E-state index in [2.05, 4.69) is 17.0 Å². The maximum absolute atomic E-state index is 13.7. The minimum atomic E-state index is -0.522. The number of nitrogens with two attached hydrogens (primary N) is 1. The van der Waals surface area contributed by atoms with Crippen molar-refractivity contribution in [2.45, 2.75) is 19.0 Å². The second kappa shape index (κ2) is 5.92. The summed E-state index contributed by atoms with van der Waals surface area (Å²) in [6.07, 6.45) is 0.967. The van der Waals surface area contributed by atoms with Gasteiger partial charge in [0.1, 0.15) is 11.6 Å². The van der Waals surface area contributed by atoms with Crippen molar-refractivity contribution in [2.75, 3.05) is 13.1 Å². The van der Waals surface area contributed by atoms with Crippen LogP contribution in [0, 0.1) is 11.6 Å². The fraction of sp³-hybridized carbons (Fsp3) is 0.294. The minimum absolute atomic E-state index is 0.244. The van der Waals surface area contributed by atoms with Gasteiger partial charge >= 0.3 is 0 Å². The average Bonchev–Trinajstić information content (AvgIpc) is 2.49. The second-order valence-corrected chi connectivity index (χ2v) is 5.53. The van der Waals surface area contributed by atoms with Gasteiger partial charge in [0.2, 0.25) is 0 Å². The Morgan fingerprint density at radius 1 is 1.10 bits per heavy atom. The zero-order valence-corrected chi connectivity index (χ0v) is 11.7. The van der Waals surface area contributed by atoms with Gasteiger partial charge in [0, 0.05) is 31.2 Å². The van der Waals surface area contributed by atoms with E-state index in [1.165, 1.54) is 17.2 Å². The molecule has 0 saturated heterocycles. The Morgan fingerprint density at radius 2 is 1.86 bits per heavy atom. The summed E-state index contributed by atoms with van der Waals surface area (Å²) in [6, 6.07) is 11.2. The maximum Gasteiger partial charge on any atom is 0.128 e. The third-order valence-corrected chi connectivity index (χ3v) is 4.02. The lowest BCUT2D eigenvalue weighted by Gasteiger charge is -2.30. The van der Waals surface area contributed by atoms with Crippen LogP contribution in [-0.4, -0.2) is 18.0 Å². The number of rotatable bonds is 3. The fourth-order valence-electron chi connectivity index (χ4n) is 2.89. The van der Waals surface area contributed by atoms with Crippen molar-refractivity contribution in [3.63, 3.8) is 0 Å². The smallest absolute Gasteiger partial charge is 0.128 e. The van der Waals surface area contributed by atoms with Gasteiger partial charge in [-0.2, -0.15) is 0 Å². The molecule has 0 saturated carbocycles. The van der Waals surface area contributed by atoms with Crippen molar-refractivity contribution in [3.05, 3.63) is 70.8 Å². The molecule has 1 aliphatic rings. The predicted octanol–water partition coefficient (Wildman–Crippen LogP) is 3.02. The van der Waals surface area contributed by atoms with E-state index in [1.54, 1.807) is 0 Å². The van der Waals surface area contributed by atoms with Gasteiger partial charge < -0.3 is 5.73 Å². The summed E-state index contributed by atoms with van der Waals surface area (Å²) in [5.41, 5.74) is 8.96. The van der Waals surface area contributed by atoms with Crippen molar-refractivity contribution < 1.29 is 8.78 Å². The molecule has 0 fully saturated rings. The molecule has 21 heavy (non-hydrogen) atoms. The van der Waals surface area contributed by atoms with Crippen LogP contribution < -0.4 is 5.73 Å².